The van der Waals surface area contributed by atoms with E-state index in [2.05, 4.69) is 4.72 Å². The highest BCUT2D eigenvalue weighted by Gasteiger charge is 2.33. The Morgan fingerprint density at radius 2 is 1.89 bits per heavy atom. The number of hydrogen-bond donors (Lipinski definition) is 2. The molecular formula is C11H23N3O3S. The molecule has 1 heterocycles. The minimum absolute atomic E-state index is 0.0596. The molecule has 1 aliphatic carbocycles. The van der Waals surface area contributed by atoms with Gasteiger partial charge in [-0.3, -0.25) is 0 Å². The van der Waals surface area contributed by atoms with Crippen molar-refractivity contribution in [2.75, 3.05) is 19.6 Å². The SMILES string of the molecule is CC1CN(S(=O)(=O)NCC(N)C2CC2)CC(C)O1. The first-order valence-electron chi connectivity index (χ1n) is 6.54. The zero-order chi connectivity index (χ0) is 13.3. The first-order chi connectivity index (χ1) is 8.38. The van der Waals surface area contributed by atoms with Crippen LogP contribution in [0.4, 0.5) is 0 Å². The van der Waals surface area contributed by atoms with Crippen LogP contribution in [0.15, 0.2) is 0 Å². The highest BCUT2D eigenvalue weighted by molar-refractivity contribution is 7.87. The van der Waals surface area contributed by atoms with Crippen molar-refractivity contribution >= 4 is 10.2 Å². The Kier molecular flexibility index (Phi) is 4.28. The molecule has 2 fully saturated rings. The highest BCUT2D eigenvalue weighted by atomic mass is 32.2. The van der Waals surface area contributed by atoms with Crippen molar-refractivity contribution in [1.82, 2.24) is 9.03 Å². The summed E-state index contributed by atoms with van der Waals surface area (Å²) in [4.78, 5) is 0. The molecule has 1 saturated heterocycles. The lowest BCUT2D eigenvalue weighted by molar-refractivity contribution is -0.0443. The molecule has 3 atom stereocenters. The standard InChI is InChI=1S/C11H23N3O3S/c1-8-6-14(7-9(2)17-8)18(15,16)13-5-11(12)10-3-4-10/h8-11,13H,3-7,12H2,1-2H3. The summed E-state index contributed by atoms with van der Waals surface area (Å²) < 4.78 is 33.8. The first kappa shape index (κ1) is 14.2. The summed E-state index contributed by atoms with van der Waals surface area (Å²) in [5, 5.41) is 0. The summed E-state index contributed by atoms with van der Waals surface area (Å²) >= 11 is 0. The van der Waals surface area contributed by atoms with Crippen molar-refractivity contribution in [1.29, 1.82) is 0 Å². The van der Waals surface area contributed by atoms with E-state index in [4.69, 9.17) is 10.5 Å². The summed E-state index contributed by atoms with van der Waals surface area (Å²) in [5.41, 5.74) is 5.90. The maximum absolute atomic E-state index is 12.1. The van der Waals surface area contributed by atoms with Crippen LogP contribution in [0.25, 0.3) is 0 Å². The second-order valence-electron chi connectivity index (χ2n) is 5.43. The number of nitrogens with zero attached hydrogens (tertiary/aromatic N) is 1. The average Bonchev–Trinajstić information content (AvgIpc) is 3.08. The van der Waals surface area contributed by atoms with Crippen molar-refractivity contribution in [2.24, 2.45) is 11.7 Å². The molecule has 2 rings (SSSR count). The van der Waals surface area contributed by atoms with Crippen LogP contribution in [0.5, 0.6) is 0 Å². The monoisotopic (exact) mass is 277 g/mol. The van der Waals surface area contributed by atoms with E-state index in [1.54, 1.807) is 0 Å². The Morgan fingerprint density at radius 1 is 1.33 bits per heavy atom. The second kappa shape index (κ2) is 5.42. The molecule has 0 spiro atoms. The van der Waals surface area contributed by atoms with Gasteiger partial charge < -0.3 is 10.5 Å². The zero-order valence-corrected chi connectivity index (χ0v) is 11.8. The molecule has 7 heteroatoms. The number of nitrogens with two attached hydrogens (primary N) is 1. The third-order valence-corrected chi connectivity index (χ3v) is 4.96. The Balaban J connectivity index is 1.88. The largest absolute Gasteiger partial charge is 0.373 e. The van der Waals surface area contributed by atoms with Crippen molar-refractivity contribution in [3.63, 3.8) is 0 Å². The van der Waals surface area contributed by atoms with Crippen LogP contribution in [0.3, 0.4) is 0 Å². The van der Waals surface area contributed by atoms with Crippen LogP contribution in [0, 0.1) is 5.92 Å². The van der Waals surface area contributed by atoms with E-state index in [9.17, 15) is 8.42 Å². The molecule has 1 aliphatic heterocycles. The Bertz CT molecular complexity index is 373. The van der Waals surface area contributed by atoms with Gasteiger partial charge in [0, 0.05) is 25.7 Å². The molecule has 0 aromatic heterocycles. The van der Waals surface area contributed by atoms with Gasteiger partial charge in [0.15, 0.2) is 0 Å². The van der Waals surface area contributed by atoms with Crippen molar-refractivity contribution in [3.05, 3.63) is 0 Å². The Hall–Kier alpha value is -0.210. The van der Waals surface area contributed by atoms with E-state index in [-0.39, 0.29) is 18.2 Å². The molecule has 1 saturated carbocycles. The van der Waals surface area contributed by atoms with E-state index in [0.29, 0.717) is 25.6 Å². The number of rotatable bonds is 5. The van der Waals surface area contributed by atoms with Crippen molar-refractivity contribution in [3.8, 4) is 0 Å². The molecule has 3 N–H and O–H groups in total. The van der Waals surface area contributed by atoms with Crippen LogP contribution < -0.4 is 10.5 Å². The van der Waals surface area contributed by atoms with Gasteiger partial charge >= 0.3 is 0 Å². The summed E-state index contributed by atoms with van der Waals surface area (Å²) in [5.74, 6) is 0.496. The van der Waals surface area contributed by atoms with Crippen LogP contribution in [0.1, 0.15) is 26.7 Å². The van der Waals surface area contributed by atoms with Crippen LogP contribution in [-0.4, -0.2) is 50.6 Å². The third-order valence-electron chi connectivity index (χ3n) is 3.45. The molecule has 18 heavy (non-hydrogen) atoms. The summed E-state index contributed by atoms with van der Waals surface area (Å²) in [6.07, 6.45) is 2.10. The minimum Gasteiger partial charge on any atom is -0.373 e. The fraction of sp³-hybridized carbons (Fsp3) is 1.00. The van der Waals surface area contributed by atoms with Gasteiger partial charge in [-0.25, -0.2) is 4.72 Å². The van der Waals surface area contributed by atoms with Gasteiger partial charge in [0.1, 0.15) is 0 Å². The maximum atomic E-state index is 12.1. The topological polar surface area (TPSA) is 84.7 Å². The molecule has 0 amide bonds. The fourth-order valence-electron chi connectivity index (χ4n) is 2.31. The molecule has 3 unspecified atom stereocenters. The molecule has 6 nitrogen and oxygen atoms in total. The fourth-order valence-corrected chi connectivity index (χ4v) is 3.71. The van der Waals surface area contributed by atoms with E-state index in [0.717, 1.165) is 12.8 Å². The maximum Gasteiger partial charge on any atom is 0.279 e. The molecule has 0 aromatic carbocycles. The summed E-state index contributed by atoms with van der Waals surface area (Å²) in [6, 6.07) is -0.0596. The van der Waals surface area contributed by atoms with E-state index in [1.807, 2.05) is 13.8 Å². The normalized spacial score (nSPS) is 32.4. The molecule has 2 aliphatic rings. The first-order valence-corrected chi connectivity index (χ1v) is 7.98. The van der Waals surface area contributed by atoms with E-state index >= 15 is 0 Å². The minimum atomic E-state index is -3.43. The molecular weight excluding hydrogens is 254 g/mol. The predicted molar refractivity (Wildman–Crippen MR) is 69.2 cm³/mol. The number of ether oxygens (including phenoxy) is 1. The molecule has 106 valence electrons. The van der Waals surface area contributed by atoms with Gasteiger partial charge in [-0.15, -0.1) is 0 Å². The van der Waals surface area contributed by atoms with Gasteiger partial charge in [-0.05, 0) is 32.6 Å². The smallest absolute Gasteiger partial charge is 0.279 e. The number of morpholine rings is 1. The number of nitrogens with one attached hydrogen (secondary N) is 1. The van der Waals surface area contributed by atoms with Gasteiger partial charge in [-0.2, -0.15) is 12.7 Å². The Morgan fingerprint density at radius 3 is 2.39 bits per heavy atom. The average molecular weight is 277 g/mol. The lowest BCUT2D eigenvalue weighted by Crippen LogP contribution is -2.53. The van der Waals surface area contributed by atoms with Gasteiger partial charge in [0.25, 0.3) is 10.2 Å². The summed E-state index contributed by atoms with van der Waals surface area (Å²) in [7, 11) is -3.43. The van der Waals surface area contributed by atoms with E-state index in [1.165, 1.54) is 4.31 Å². The lowest BCUT2D eigenvalue weighted by Gasteiger charge is -2.34. The molecule has 0 radical (unpaired) electrons. The van der Waals surface area contributed by atoms with Crippen molar-refractivity contribution < 1.29 is 13.2 Å². The van der Waals surface area contributed by atoms with Gasteiger partial charge in [0.05, 0.1) is 12.2 Å². The molecule has 0 aromatic rings. The summed E-state index contributed by atoms with van der Waals surface area (Å²) in [6.45, 7) is 4.89. The van der Waals surface area contributed by atoms with Crippen LogP contribution in [0.2, 0.25) is 0 Å². The lowest BCUT2D eigenvalue weighted by atomic mass is 10.2. The van der Waals surface area contributed by atoms with Gasteiger partial charge in [-0.1, -0.05) is 0 Å². The quantitative estimate of drug-likeness (QED) is 0.720. The van der Waals surface area contributed by atoms with E-state index < -0.39 is 10.2 Å². The zero-order valence-electron chi connectivity index (χ0n) is 11.0. The third kappa shape index (κ3) is 3.64. The van der Waals surface area contributed by atoms with Gasteiger partial charge in [0.2, 0.25) is 0 Å². The second-order valence-corrected chi connectivity index (χ2v) is 7.18. The van der Waals surface area contributed by atoms with Crippen LogP contribution >= 0.6 is 0 Å². The highest BCUT2D eigenvalue weighted by Crippen LogP contribution is 2.31. The Labute approximate surface area is 109 Å². The van der Waals surface area contributed by atoms with Crippen molar-refractivity contribution in [2.45, 2.75) is 44.9 Å². The molecule has 0 bridgehead atoms. The predicted octanol–water partition coefficient (Wildman–Crippen LogP) is -0.333. The van der Waals surface area contributed by atoms with Crippen LogP contribution in [-0.2, 0) is 14.9 Å². The number of hydrogen-bond acceptors (Lipinski definition) is 4.